The molecule has 0 spiro atoms. The highest BCUT2D eigenvalue weighted by Crippen LogP contribution is 2.38. The predicted octanol–water partition coefficient (Wildman–Crippen LogP) is 1.52. The minimum absolute atomic E-state index is 0.0214. The van der Waals surface area contributed by atoms with E-state index >= 15 is 0 Å². The van der Waals surface area contributed by atoms with E-state index < -0.39 is 35.3 Å². The molecule has 1 unspecified atom stereocenters. The molecule has 8 nitrogen and oxygen atoms in total. The number of carboxylic acid groups (broad SMARTS) is 1. The first-order chi connectivity index (χ1) is 12.9. The van der Waals surface area contributed by atoms with Gasteiger partial charge in [0.2, 0.25) is 0 Å². The molecular weight excluding hydrogens is 377 g/mol. The minimum Gasteiger partial charge on any atom is -0.616 e. The number of hydrogen-bond donors (Lipinski definition) is 2. The normalized spacial score (nSPS) is 29.8. The van der Waals surface area contributed by atoms with Crippen LogP contribution in [0.2, 0.25) is 0 Å². The number of benzene rings is 1. The van der Waals surface area contributed by atoms with Crippen LogP contribution in [-0.4, -0.2) is 64.6 Å². The summed E-state index contributed by atoms with van der Waals surface area (Å²) in [5, 5.41) is 10.8. The molecule has 4 atom stereocenters. The number of ether oxygens (including phenoxy) is 1. The highest BCUT2D eigenvalue weighted by Gasteiger charge is 2.44. The maximum Gasteiger partial charge on any atom is 0.414 e. The van der Waals surface area contributed by atoms with Gasteiger partial charge in [-0.25, -0.2) is 14.0 Å². The van der Waals surface area contributed by atoms with E-state index in [0.717, 1.165) is 12.8 Å². The van der Waals surface area contributed by atoms with Gasteiger partial charge in [0.15, 0.2) is 0 Å². The van der Waals surface area contributed by atoms with Crippen LogP contribution in [0.1, 0.15) is 12.8 Å². The fourth-order valence-corrected chi connectivity index (χ4v) is 5.74. The average Bonchev–Trinajstić information content (AvgIpc) is 3.10. The topological polar surface area (TPSA) is 105 Å². The average molecular weight is 397 g/mol. The van der Waals surface area contributed by atoms with Crippen LogP contribution in [0.3, 0.4) is 0 Å². The molecule has 146 valence electrons. The monoisotopic (exact) mass is 397 g/mol. The molecule has 2 bridgehead atoms. The van der Waals surface area contributed by atoms with Crippen molar-refractivity contribution in [2.24, 2.45) is 0 Å². The maximum absolute atomic E-state index is 14.9. The van der Waals surface area contributed by atoms with Crippen LogP contribution >= 0.6 is 0 Å². The van der Waals surface area contributed by atoms with Crippen molar-refractivity contribution in [3.8, 4) is 0 Å². The van der Waals surface area contributed by atoms with Crippen molar-refractivity contribution in [2.45, 2.75) is 31.0 Å². The first-order valence-electron chi connectivity index (χ1n) is 8.80. The first kappa shape index (κ1) is 18.2. The molecule has 0 radical (unpaired) electrons. The lowest BCUT2D eigenvalue weighted by Crippen LogP contribution is -2.49. The van der Waals surface area contributed by atoms with E-state index in [1.807, 2.05) is 4.90 Å². The van der Waals surface area contributed by atoms with Gasteiger partial charge in [0, 0.05) is 0 Å². The summed E-state index contributed by atoms with van der Waals surface area (Å²) in [6, 6.07) is 4.80. The second kappa shape index (κ2) is 7.08. The van der Waals surface area contributed by atoms with E-state index in [1.54, 1.807) is 12.1 Å². The second-order valence-electron chi connectivity index (χ2n) is 7.00. The number of amides is 2. The summed E-state index contributed by atoms with van der Waals surface area (Å²) >= 11 is -0.841. The van der Waals surface area contributed by atoms with Gasteiger partial charge in [-0.15, -0.1) is 0 Å². The van der Waals surface area contributed by atoms with Crippen LogP contribution in [0.15, 0.2) is 18.2 Å². The number of fused-ring (bicyclic) bond motifs is 2. The molecule has 3 aliphatic rings. The van der Waals surface area contributed by atoms with Crippen LogP contribution in [0.25, 0.3) is 0 Å². The van der Waals surface area contributed by atoms with Gasteiger partial charge >= 0.3 is 12.2 Å². The smallest absolute Gasteiger partial charge is 0.414 e. The Kier molecular flexibility index (Phi) is 4.77. The summed E-state index contributed by atoms with van der Waals surface area (Å²) < 4.78 is 31.8. The number of halogens is 1. The largest absolute Gasteiger partial charge is 0.616 e. The lowest BCUT2D eigenvalue weighted by Gasteiger charge is -2.37. The Labute approximate surface area is 158 Å². The first-order valence-corrected chi connectivity index (χ1v) is 10.3. The van der Waals surface area contributed by atoms with Crippen molar-refractivity contribution in [3.63, 3.8) is 0 Å². The summed E-state index contributed by atoms with van der Waals surface area (Å²) in [6.45, 7) is 0.123. The number of carbonyl (C=O) groups excluding carboxylic acids is 1. The quantitative estimate of drug-likeness (QED) is 0.747. The van der Waals surface area contributed by atoms with Crippen LogP contribution in [-0.2, 0) is 15.9 Å². The number of nitrogens with one attached hydrogen (secondary N) is 1. The minimum atomic E-state index is -1.20. The van der Waals surface area contributed by atoms with E-state index in [-0.39, 0.29) is 25.2 Å². The molecule has 3 saturated heterocycles. The molecule has 27 heavy (non-hydrogen) atoms. The Morgan fingerprint density at radius 2 is 2.07 bits per heavy atom. The standard InChI is InChI=1S/C17H20FN3O5S/c18-14-5-10(20-7-13(26-17(20)24)6-19-16(22)23)3-4-15(14)21-11-1-2-12(21)9-27(25)8-11/h3-5,11-13,19H,1-2,6-9H2,(H,22,23)/t11-,12+,13-,27?/m0/s1. The van der Waals surface area contributed by atoms with Crippen LogP contribution in [0, 0.1) is 5.82 Å². The Morgan fingerprint density at radius 3 is 2.70 bits per heavy atom. The van der Waals surface area contributed by atoms with Crippen molar-refractivity contribution in [2.75, 3.05) is 34.4 Å². The molecule has 0 aliphatic carbocycles. The van der Waals surface area contributed by atoms with Gasteiger partial charge in [-0.1, -0.05) is 0 Å². The number of hydrogen-bond acceptors (Lipinski definition) is 5. The molecule has 0 aromatic heterocycles. The van der Waals surface area contributed by atoms with Crippen molar-refractivity contribution >= 4 is 34.7 Å². The summed E-state index contributed by atoms with van der Waals surface area (Å²) in [6.07, 6.45) is -0.628. The fraction of sp³-hybridized carbons (Fsp3) is 0.529. The number of nitrogens with zero attached hydrogens (tertiary/aromatic N) is 2. The highest BCUT2D eigenvalue weighted by molar-refractivity contribution is 7.91. The molecule has 1 aromatic carbocycles. The van der Waals surface area contributed by atoms with Crippen LogP contribution in [0.4, 0.5) is 25.4 Å². The third kappa shape index (κ3) is 3.51. The number of carbonyl (C=O) groups is 2. The molecule has 2 amide bonds. The molecular formula is C17H20FN3O5S. The van der Waals surface area contributed by atoms with Gasteiger partial charge in [-0.05, 0) is 42.2 Å². The van der Waals surface area contributed by atoms with Gasteiger partial charge in [-0.3, -0.25) is 4.90 Å². The molecule has 3 fully saturated rings. The van der Waals surface area contributed by atoms with E-state index in [2.05, 4.69) is 5.32 Å². The third-order valence-corrected chi connectivity index (χ3v) is 6.77. The Balaban J connectivity index is 1.49. The van der Waals surface area contributed by atoms with Crippen molar-refractivity contribution in [1.29, 1.82) is 0 Å². The fourth-order valence-electron chi connectivity index (χ4n) is 4.09. The van der Waals surface area contributed by atoms with E-state index in [0.29, 0.717) is 22.9 Å². The van der Waals surface area contributed by atoms with Crippen LogP contribution in [0.5, 0.6) is 0 Å². The maximum atomic E-state index is 14.9. The summed E-state index contributed by atoms with van der Waals surface area (Å²) in [7, 11) is 0. The van der Waals surface area contributed by atoms with Crippen molar-refractivity contribution in [3.05, 3.63) is 24.0 Å². The molecule has 0 saturated carbocycles. The van der Waals surface area contributed by atoms with Gasteiger partial charge in [0.1, 0.15) is 23.4 Å². The van der Waals surface area contributed by atoms with Crippen molar-refractivity contribution < 1.29 is 28.4 Å². The lowest BCUT2D eigenvalue weighted by molar-refractivity contribution is 0.136. The Morgan fingerprint density at radius 1 is 1.37 bits per heavy atom. The van der Waals surface area contributed by atoms with Gasteiger partial charge in [0.25, 0.3) is 0 Å². The summed E-state index contributed by atoms with van der Waals surface area (Å²) in [5.41, 5.74) is 0.839. The van der Waals surface area contributed by atoms with Gasteiger partial charge in [0.05, 0.1) is 36.5 Å². The number of cyclic esters (lactones) is 1. The Bertz CT molecular complexity index is 752. The summed E-state index contributed by atoms with van der Waals surface area (Å²) in [4.78, 5) is 25.9. The number of rotatable bonds is 4. The zero-order chi connectivity index (χ0) is 19.1. The highest BCUT2D eigenvalue weighted by atomic mass is 32.2. The molecule has 2 N–H and O–H groups in total. The SMILES string of the molecule is O=C(O)NC[C@H]1CN(c2ccc(N3[C@@H]4CC[C@H]3C[S+]([O-])C4)c(F)c2)C(=O)O1. The van der Waals surface area contributed by atoms with Gasteiger partial charge in [-0.2, -0.15) is 0 Å². The lowest BCUT2D eigenvalue weighted by atomic mass is 10.2. The second-order valence-corrected chi connectivity index (χ2v) is 8.55. The predicted molar refractivity (Wildman–Crippen MR) is 97.2 cm³/mol. The van der Waals surface area contributed by atoms with Crippen molar-refractivity contribution in [1.82, 2.24) is 5.32 Å². The van der Waals surface area contributed by atoms with E-state index in [4.69, 9.17) is 9.84 Å². The van der Waals surface area contributed by atoms with Crippen LogP contribution < -0.4 is 15.1 Å². The third-order valence-electron chi connectivity index (χ3n) is 5.25. The molecule has 1 aromatic rings. The summed E-state index contributed by atoms with van der Waals surface area (Å²) in [5.74, 6) is 0.694. The Hall–Kier alpha value is -2.20. The van der Waals surface area contributed by atoms with E-state index in [9.17, 15) is 18.5 Å². The molecule has 3 aliphatic heterocycles. The zero-order valence-corrected chi connectivity index (χ0v) is 15.3. The molecule has 10 heteroatoms. The van der Waals surface area contributed by atoms with E-state index in [1.165, 1.54) is 11.0 Å². The molecule has 4 rings (SSSR count). The van der Waals surface area contributed by atoms with Gasteiger partial charge < -0.3 is 24.6 Å². The zero-order valence-electron chi connectivity index (χ0n) is 14.5. The number of anilines is 2. The molecule has 3 heterocycles.